The van der Waals surface area contributed by atoms with Gasteiger partial charge in [-0.3, -0.25) is 4.79 Å². The monoisotopic (exact) mass is 359 g/mol. The van der Waals surface area contributed by atoms with Gasteiger partial charge in [-0.1, -0.05) is 29.8 Å². The molecule has 0 atom stereocenters. The Balaban J connectivity index is 1.72. The molecule has 0 aliphatic rings. The summed E-state index contributed by atoms with van der Waals surface area (Å²) < 4.78 is 10.1. The molecule has 5 nitrogen and oxygen atoms in total. The lowest BCUT2D eigenvalue weighted by Crippen LogP contribution is -2.30. The highest BCUT2D eigenvalue weighted by Gasteiger charge is 2.13. The van der Waals surface area contributed by atoms with Crippen LogP contribution < -0.4 is 10.1 Å². The molecule has 0 unspecified atom stereocenters. The summed E-state index contributed by atoms with van der Waals surface area (Å²) in [5.41, 5.74) is 1.52. The van der Waals surface area contributed by atoms with Crippen molar-refractivity contribution in [2.75, 3.05) is 26.0 Å². The van der Waals surface area contributed by atoms with E-state index in [2.05, 4.69) is 29.6 Å². The van der Waals surface area contributed by atoms with Crippen molar-refractivity contribution in [2.45, 2.75) is 11.8 Å². The molecule has 25 heavy (non-hydrogen) atoms. The number of para-hydroxylation sites is 1. The van der Waals surface area contributed by atoms with Gasteiger partial charge in [0.15, 0.2) is 6.61 Å². The van der Waals surface area contributed by atoms with Crippen LogP contribution in [0.2, 0.25) is 0 Å². The van der Waals surface area contributed by atoms with E-state index in [9.17, 15) is 9.59 Å². The van der Waals surface area contributed by atoms with Gasteiger partial charge >= 0.3 is 5.97 Å². The van der Waals surface area contributed by atoms with Gasteiger partial charge in [0.1, 0.15) is 11.3 Å². The Hall–Kier alpha value is -2.47. The van der Waals surface area contributed by atoms with Crippen molar-refractivity contribution in [2.24, 2.45) is 0 Å². The topological polar surface area (TPSA) is 64.6 Å². The van der Waals surface area contributed by atoms with Gasteiger partial charge < -0.3 is 14.8 Å². The zero-order chi connectivity index (χ0) is 18.1. The van der Waals surface area contributed by atoms with E-state index in [1.807, 2.05) is 6.92 Å². The number of amides is 1. The van der Waals surface area contributed by atoms with Crippen LogP contribution in [-0.2, 0) is 9.53 Å². The van der Waals surface area contributed by atoms with Crippen LogP contribution in [0.4, 0.5) is 0 Å². The Bertz CT molecular complexity index is 716. The van der Waals surface area contributed by atoms with E-state index in [4.69, 9.17) is 9.47 Å². The molecule has 6 heteroatoms. The quantitative estimate of drug-likeness (QED) is 0.446. The van der Waals surface area contributed by atoms with Gasteiger partial charge in [0, 0.05) is 17.2 Å². The summed E-state index contributed by atoms with van der Waals surface area (Å²) in [4.78, 5) is 24.7. The molecule has 2 rings (SSSR count). The largest absolute Gasteiger partial charge is 0.483 e. The Morgan fingerprint density at radius 1 is 1.08 bits per heavy atom. The second kappa shape index (κ2) is 9.74. The number of benzene rings is 2. The highest BCUT2D eigenvalue weighted by Crippen LogP contribution is 2.19. The van der Waals surface area contributed by atoms with Gasteiger partial charge in [0.2, 0.25) is 0 Å². The molecule has 132 valence electrons. The third kappa shape index (κ3) is 6.15. The first-order chi connectivity index (χ1) is 12.1. The molecule has 1 N–H and O–H groups in total. The first-order valence-electron chi connectivity index (χ1n) is 7.86. The van der Waals surface area contributed by atoms with Crippen LogP contribution in [0.5, 0.6) is 5.75 Å². The lowest BCUT2D eigenvalue weighted by Gasteiger charge is -2.10. The Labute approximate surface area is 151 Å². The maximum absolute atomic E-state index is 11.9. The van der Waals surface area contributed by atoms with E-state index in [0.717, 1.165) is 5.75 Å². The van der Waals surface area contributed by atoms with E-state index in [1.165, 1.54) is 17.6 Å². The Morgan fingerprint density at radius 3 is 2.52 bits per heavy atom. The first-order valence-corrected chi connectivity index (χ1v) is 8.85. The van der Waals surface area contributed by atoms with Crippen molar-refractivity contribution < 1.29 is 19.1 Å². The van der Waals surface area contributed by atoms with Crippen molar-refractivity contribution in [1.82, 2.24) is 5.32 Å². The standard InChI is InChI=1S/C19H21NO4S/c1-14-7-9-15(10-8-14)25-12-11-20-18(21)13-24-17-6-4-3-5-16(17)19(22)23-2/h3-10H,11-13H2,1-2H3,(H,20,21). The van der Waals surface area contributed by atoms with E-state index in [1.54, 1.807) is 36.0 Å². The summed E-state index contributed by atoms with van der Waals surface area (Å²) in [6, 6.07) is 14.9. The van der Waals surface area contributed by atoms with Crippen LogP contribution in [0.3, 0.4) is 0 Å². The lowest BCUT2D eigenvalue weighted by molar-refractivity contribution is -0.122. The number of carbonyl (C=O) groups is 2. The molecule has 0 radical (unpaired) electrons. The van der Waals surface area contributed by atoms with E-state index in [-0.39, 0.29) is 12.5 Å². The van der Waals surface area contributed by atoms with Crippen molar-refractivity contribution in [3.8, 4) is 5.75 Å². The van der Waals surface area contributed by atoms with Crippen LogP contribution in [-0.4, -0.2) is 37.9 Å². The highest BCUT2D eigenvalue weighted by atomic mass is 32.2. The number of thioether (sulfide) groups is 1. The van der Waals surface area contributed by atoms with Gasteiger partial charge in [-0.15, -0.1) is 11.8 Å². The third-order valence-corrected chi connectivity index (χ3v) is 4.38. The van der Waals surface area contributed by atoms with Gasteiger partial charge in [-0.05, 0) is 31.2 Å². The molecule has 0 bridgehead atoms. The van der Waals surface area contributed by atoms with Crippen LogP contribution in [0.15, 0.2) is 53.4 Å². The lowest BCUT2D eigenvalue weighted by atomic mass is 10.2. The molecule has 2 aromatic rings. The van der Waals surface area contributed by atoms with E-state index < -0.39 is 5.97 Å². The zero-order valence-corrected chi connectivity index (χ0v) is 15.1. The molecular formula is C19H21NO4S. The van der Waals surface area contributed by atoms with Gasteiger partial charge in [0.05, 0.1) is 7.11 Å². The smallest absolute Gasteiger partial charge is 0.341 e. The summed E-state index contributed by atoms with van der Waals surface area (Å²) in [6.07, 6.45) is 0. The molecular weight excluding hydrogens is 338 g/mol. The SMILES string of the molecule is COC(=O)c1ccccc1OCC(=O)NCCSc1ccc(C)cc1. The number of esters is 1. The summed E-state index contributed by atoms with van der Waals surface area (Å²) >= 11 is 1.68. The van der Waals surface area contributed by atoms with Crippen LogP contribution >= 0.6 is 11.8 Å². The highest BCUT2D eigenvalue weighted by molar-refractivity contribution is 7.99. The molecule has 1 amide bonds. The van der Waals surface area contributed by atoms with Crippen LogP contribution in [0.1, 0.15) is 15.9 Å². The Morgan fingerprint density at radius 2 is 1.80 bits per heavy atom. The van der Waals surface area contributed by atoms with Gasteiger partial charge in [-0.2, -0.15) is 0 Å². The normalized spacial score (nSPS) is 10.2. The maximum Gasteiger partial charge on any atom is 0.341 e. The fourth-order valence-corrected chi connectivity index (χ4v) is 2.83. The number of ether oxygens (including phenoxy) is 2. The first kappa shape index (κ1) is 18.9. The average Bonchev–Trinajstić information content (AvgIpc) is 2.64. The van der Waals surface area contributed by atoms with Crippen molar-refractivity contribution in [1.29, 1.82) is 0 Å². The predicted molar refractivity (Wildman–Crippen MR) is 98.2 cm³/mol. The maximum atomic E-state index is 11.9. The number of methoxy groups -OCH3 is 1. The predicted octanol–water partition coefficient (Wildman–Crippen LogP) is 3.07. The summed E-state index contributed by atoms with van der Waals surface area (Å²) in [5, 5.41) is 2.80. The van der Waals surface area contributed by atoms with Gasteiger partial charge in [0.25, 0.3) is 5.91 Å². The molecule has 0 saturated heterocycles. The summed E-state index contributed by atoms with van der Waals surface area (Å²) in [6.45, 7) is 2.44. The van der Waals surface area contributed by atoms with Crippen molar-refractivity contribution in [3.05, 3.63) is 59.7 Å². The van der Waals surface area contributed by atoms with Crippen molar-refractivity contribution >= 4 is 23.6 Å². The molecule has 0 heterocycles. The number of aryl methyl sites for hydroxylation is 1. The summed E-state index contributed by atoms with van der Waals surface area (Å²) in [5.74, 6) is 0.376. The average molecular weight is 359 g/mol. The minimum atomic E-state index is -0.495. The third-order valence-electron chi connectivity index (χ3n) is 3.37. The molecule has 2 aromatic carbocycles. The number of nitrogens with one attached hydrogen (secondary N) is 1. The van der Waals surface area contributed by atoms with Crippen LogP contribution in [0.25, 0.3) is 0 Å². The second-order valence-corrected chi connectivity index (χ2v) is 6.46. The minimum Gasteiger partial charge on any atom is -0.483 e. The second-order valence-electron chi connectivity index (χ2n) is 5.29. The zero-order valence-electron chi connectivity index (χ0n) is 14.3. The molecule has 0 aliphatic heterocycles. The van der Waals surface area contributed by atoms with Crippen molar-refractivity contribution in [3.63, 3.8) is 0 Å². The molecule has 0 spiro atoms. The van der Waals surface area contributed by atoms with Crippen LogP contribution in [0, 0.1) is 6.92 Å². The molecule has 0 fully saturated rings. The summed E-state index contributed by atoms with van der Waals surface area (Å²) in [7, 11) is 1.30. The number of carbonyl (C=O) groups excluding carboxylic acids is 2. The minimum absolute atomic E-state index is 0.150. The number of hydrogen-bond acceptors (Lipinski definition) is 5. The van der Waals surface area contributed by atoms with Gasteiger partial charge in [-0.25, -0.2) is 4.79 Å². The van der Waals surface area contributed by atoms with E-state index in [0.29, 0.717) is 17.9 Å². The number of rotatable bonds is 8. The Kier molecular flexibility index (Phi) is 7.35. The fourth-order valence-electron chi connectivity index (χ4n) is 2.06. The van der Waals surface area contributed by atoms with E-state index >= 15 is 0 Å². The molecule has 0 aromatic heterocycles. The fraction of sp³-hybridized carbons (Fsp3) is 0.263. The molecule has 0 saturated carbocycles. The molecule has 0 aliphatic carbocycles. The number of hydrogen-bond donors (Lipinski definition) is 1.